The fourth-order valence-electron chi connectivity index (χ4n) is 5.09. The van der Waals surface area contributed by atoms with Gasteiger partial charge >= 0.3 is 0 Å². The number of nitrogens with zero attached hydrogens (tertiary/aromatic N) is 2. The van der Waals surface area contributed by atoms with Crippen LogP contribution in [0.2, 0.25) is 5.02 Å². The molecule has 0 radical (unpaired) electrons. The first kappa shape index (κ1) is 22.4. The van der Waals surface area contributed by atoms with Gasteiger partial charge in [-0.1, -0.05) is 66.6 Å². The van der Waals surface area contributed by atoms with Crippen LogP contribution < -0.4 is 5.56 Å². The van der Waals surface area contributed by atoms with E-state index >= 15 is 0 Å². The van der Waals surface area contributed by atoms with E-state index in [2.05, 4.69) is 68.2 Å². The maximum Gasteiger partial charge on any atom is 0.251 e. The first-order valence-electron chi connectivity index (χ1n) is 11.5. The van der Waals surface area contributed by atoms with Gasteiger partial charge in [0.25, 0.3) is 5.56 Å². The summed E-state index contributed by atoms with van der Waals surface area (Å²) >= 11 is 6.31. The molecule has 2 unspecified atom stereocenters. The van der Waals surface area contributed by atoms with Gasteiger partial charge in [-0.05, 0) is 65.9 Å². The van der Waals surface area contributed by atoms with Gasteiger partial charge in [-0.2, -0.15) is 0 Å². The second kappa shape index (κ2) is 8.41. The number of hydrogen-bond donors (Lipinski definition) is 0. The average molecular weight is 467 g/mol. The molecule has 3 aromatic carbocycles. The predicted molar refractivity (Wildman–Crippen MR) is 143 cm³/mol. The summed E-state index contributed by atoms with van der Waals surface area (Å²) in [6.45, 7) is 6.57. The van der Waals surface area contributed by atoms with E-state index < -0.39 is 0 Å². The van der Waals surface area contributed by atoms with Crippen molar-refractivity contribution in [2.24, 2.45) is 18.0 Å². The lowest BCUT2D eigenvalue weighted by Gasteiger charge is -2.35. The Morgan fingerprint density at radius 1 is 0.971 bits per heavy atom. The normalized spacial score (nSPS) is 17.1. The highest BCUT2D eigenvalue weighted by Gasteiger charge is 2.37. The van der Waals surface area contributed by atoms with Crippen LogP contribution in [-0.2, 0) is 12.5 Å². The minimum atomic E-state index is -0.377. The number of allylic oxidation sites excluding steroid dienone is 1. The second-order valence-corrected chi connectivity index (χ2v) is 9.80. The van der Waals surface area contributed by atoms with Gasteiger partial charge in [-0.15, -0.1) is 0 Å². The Morgan fingerprint density at radius 3 is 2.38 bits per heavy atom. The fraction of sp³-hybridized carbons (Fsp3) is 0.200. The Labute approximate surface area is 205 Å². The molecule has 170 valence electrons. The predicted octanol–water partition coefficient (Wildman–Crippen LogP) is 7.08. The van der Waals surface area contributed by atoms with Crippen LogP contribution in [0.3, 0.4) is 0 Å². The first-order chi connectivity index (χ1) is 16.3. The number of halogens is 1. The summed E-state index contributed by atoms with van der Waals surface area (Å²) in [6, 6.07) is 24.6. The third-order valence-corrected chi connectivity index (χ3v) is 7.41. The molecule has 0 fully saturated rings. The van der Waals surface area contributed by atoms with Gasteiger partial charge in [-0.3, -0.25) is 9.79 Å². The maximum atomic E-state index is 12.8. The molecule has 34 heavy (non-hydrogen) atoms. The molecule has 0 N–H and O–H groups in total. The highest BCUT2D eigenvalue weighted by atomic mass is 35.5. The molecule has 2 heterocycles. The molecule has 0 spiro atoms. The minimum Gasteiger partial charge on any atom is -0.311 e. The van der Waals surface area contributed by atoms with E-state index in [0.29, 0.717) is 5.02 Å². The lowest BCUT2D eigenvalue weighted by atomic mass is 9.67. The number of hydrogen-bond acceptors (Lipinski definition) is 2. The van der Waals surface area contributed by atoms with Gasteiger partial charge in [-0.25, -0.2) is 0 Å². The molecule has 0 amide bonds. The molecule has 1 aliphatic heterocycles. The van der Waals surface area contributed by atoms with Crippen LogP contribution in [0, 0.1) is 12.8 Å². The zero-order valence-corrected chi connectivity index (χ0v) is 20.6. The van der Waals surface area contributed by atoms with Crippen LogP contribution in [0.1, 0.15) is 30.5 Å². The fourth-order valence-corrected chi connectivity index (χ4v) is 5.28. The molecule has 0 saturated carbocycles. The lowest BCUT2D eigenvalue weighted by Crippen LogP contribution is -2.29. The largest absolute Gasteiger partial charge is 0.311 e. The summed E-state index contributed by atoms with van der Waals surface area (Å²) in [4.78, 5) is 17.3. The molecular weight excluding hydrogens is 440 g/mol. The molecule has 1 aromatic heterocycles. The van der Waals surface area contributed by atoms with Crippen molar-refractivity contribution >= 4 is 28.7 Å². The van der Waals surface area contributed by atoms with Crippen molar-refractivity contribution in [1.82, 2.24) is 4.57 Å². The molecular formula is C30H27ClN2O. The monoisotopic (exact) mass is 466 g/mol. The summed E-state index contributed by atoms with van der Waals surface area (Å²) in [7, 11) is 1.82. The number of aryl methyl sites for hydroxylation is 2. The highest BCUT2D eigenvalue weighted by Crippen LogP contribution is 2.44. The number of fused-ring (bicyclic) bond motifs is 1. The highest BCUT2D eigenvalue weighted by molar-refractivity contribution is 6.30. The van der Waals surface area contributed by atoms with E-state index in [1.807, 2.05) is 43.7 Å². The Balaban J connectivity index is 1.81. The topological polar surface area (TPSA) is 34.4 Å². The third-order valence-electron chi connectivity index (χ3n) is 7.18. The van der Waals surface area contributed by atoms with Gasteiger partial charge in [0, 0.05) is 47.3 Å². The van der Waals surface area contributed by atoms with E-state index in [9.17, 15) is 4.79 Å². The number of benzene rings is 3. The van der Waals surface area contributed by atoms with Crippen molar-refractivity contribution in [1.29, 1.82) is 0 Å². The van der Waals surface area contributed by atoms with E-state index in [1.165, 1.54) is 16.7 Å². The molecule has 0 saturated heterocycles. The first-order valence-corrected chi connectivity index (χ1v) is 11.9. The van der Waals surface area contributed by atoms with Crippen molar-refractivity contribution in [3.8, 4) is 11.1 Å². The van der Waals surface area contributed by atoms with Crippen molar-refractivity contribution in [3.05, 3.63) is 117 Å². The second-order valence-electron chi connectivity index (χ2n) is 9.36. The zero-order valence-electron chi connectivity index (χ0n) is 19.8. The summed E-state index contributed by atoms with van der Waals surface area (Å²) in [6.07, 6.45) is 4.01. The number of rotatable bonds is 4. The summed E-state index contributed by atoms with van der Waals surface area (Å²) < 4.78 is 1.71. The van der Waals surface area contributed by atoms with Crippen LogP contribution in [0.25, 0.3) is 22.0 Å². The maximum absolute atomic E-state index is 12.8. The minimum absolute atomic E-state index is 0.0444. The van der Waals surface area contributed by atoms with E-state index in [0.717, 1.165) is 27.6 Å². The smallest absolute Gasteiger partial charge is 0.251 e. The van der Waals surface area contributed by atoms with Crippen molar-refractivity contribution in [2.45, 2.75) is 26.2 Å². The Bertz CT molecular complexity index is 1530. The molecule has 4 aromatic rings. The van der Waals surface area contributed by atoms with Gasteiger partial charge in [0.2, 0.25) is 0 Å². The molecule has 5 rings (SSSR count). The lowest BCUT2D eigenvalue weighted by molar-refractivity contribution is 0.623. The number of aromatic nitrogens is 1. The summed E-state index contributed by atoms with van der Waals surface area (Å²) in [5, 5.41) is 1.67. The average Bonchev–Trinajstić information content (AvgIpc) is 3.27. The van der Waals surface area contributed by atoms with Crippen molar-refractivity contribution in [2.75, 3.05) is 0 Å². The Hall–Kier alpha value is -3.43. The zero-order chi connectivity index (χ0) is 24.0. The van der Waals surface area contributed by atoms with Gasteiger partial charge in [0.1, 0.15) is 0 Å². The van der Waals surface area contributed by atoms with Crippen molar-refractivity contribution in [3.63, 3.8) is 0 Å². The number of pyridine rings is 1. The molecule has 1 aliphatic rings. The van der Waals surface area contributed by atoms with Gasteiger partial charge in [0.05, 0.1) is 5.52 Å². The summed E-state index contributed by atoms with van der Waals surface area (Å²) in [5.41, 5.74) is 7.15. The van der Waals surface area contributed by atoms with Crippen LogP contribution in [0.15, 0.2) is 94.4 Å². The van der Waals surface area contributed by atoms with Crippen LogP contribution in [0.5, 0.6) is 0 Å². The van der Waals surface area contributed by atoms with E-state index in [-0.39, 0.29) is 16.9 Å². The molecule has 3 nitrogen and oxygen atoms in total. The molecule has 0 aliphatic carbocycles. The number of aliphatic imine (C=N–C) groups is 1. The standard InChI is InChI=1S/C30H27ClN2O/c1-19-8-10-22(11-9-19)30(3,27-18-32-17-20(27)2)23-12-13-28-26(15-23)25(16-29(34)33(28)4)21-6-5-7-24(31)14-21/h5-18,20H,1-4H3. The molecule has 2 atom stereocenters. The summed E-state index contributed by atoms with van der Waals surface area (Å²) in [5.74, 6) is 0.231. The van der Waals surface area contributed by atoms with Crippen LogP contribution in [-0.4, -0.2) is 10.8 Å². The van der Waals surface area contributed by atoms with Gasteiger partial charge in [0.15, 0.2) is 0 Å². The van der Waals surface area contributed by atoms with Crippen molar-refractivity contribution < 1.29 is 0 Å². The van der Waals surface area contributed by atoms with E-state index in [4.69, 9.17) is 11.6 Å². The SMILES string of the molecule is Cc1ccc(C(C)(C2=CN=CC2C)c2ccc3c(c2)c(-c2cccc(Cl)c2)cc(=O)n3C)cc1. The quantitative estimate of drug-likeness (QED) is 0.316. The Kier molecular flexibility index (Phi) is 5.53. The van der Waals surface area contributed by atoms with E-state index in [1.54, 1.807) is 10.6 Å². The van der Waals surface area contributed by atoms with Gasteiger partial charge < -0.3 is 4.57 Å². The molecule has 0 bridgehead atoms. The molecule has 4 heteroatoms. The Morgan fingerprint density at radius 2 is 1.71 bits per heavy atom. The van der Waals surface area contributed by atoms with Crippen LogP contribution >= 0.6 is 11.6 Å². The third kappa shape index (κ3) is 3.61. The van der Waals surface area contributed by atoms with Crippen LogP contribution in [0.4, 0.5) is 0 Å².